The summed E-state index contributed by atoms with van der Waals surface area (Å²) in [6.07, 6.45) is 3.33. The molecule has 2 heterocycles. The molecule has 0 bridgehead atoms. The van der Waals surface area contributed by atoms with Gasteiger partial charge in [0.25, 0.3) is 5.91 Å². The Bertz CT molecular complexity index is 493. The molecule has 1 saturated heterocycles. The molecule has 0 spiro atoms. The second kappa shape index (κ2) is 4.56. The van der Waals surface area contributed by atoms with Crippen LogP contribution in [0.5, 0.6) is 0 Å². The van der Waals surface area contributed by atoms with Crippen LogP contribution in [0, 0.1) is 5.41 Å². The first-order valence-electron chi connectivity index (χ1n) is 6.97. The van der Waals surface area contributed by atoms with E-state index in [-0.39, 0.29) is 17.4 Å². The Morgan fingerprint density at radius 2 is 2.21 bits per heavy atom. The maximum Gasteiger partial charge on any atom is 0.273 e. The van der Waals surface area contributed by atoms with Crippen LogP contribution < -0.4 is 5.73 Å². The molecular weight excluding hydrogens is 258 g/mol. The van der Waals surface area contributed by atoms with Crippen LogP contribution in [0.2, 0.25) is 0 Å². The van der Waals surface area contributed by atoms with Gasteiger partial charge in [-0.05, 0) is 24.7 Å². The van der Waals surface area contributed by atoms with E-state index in [0.29, 0.717) is 11.6 Å². The van der Waals surface area contributed by atoms with Crippen molar-refractivity contribution in [3.05, 3.63) is 16.1 Å². The van der Waals surface area contributed by atoms with Gasteiger partial charge in [-0.1, -0.05) is 13.8 Å². The lowest BCUT2D eigenvalue weighted by Gasteiger charge is -2.42. The second-order valence-electron chi connectivity index (χ2n) is 6.46. The van der Waals surface area contributed by atoms with Crippen LogP contribution >= 0.6 is 11.3 Å². The van der Waals surface area contributed by atoms with Crippen molar-refractivity contribution < 1.29 is 4.79 Å². The van der Waals surface area contributed by atoms with E-state index in [2.05, 4.69) is 18.8 Å². The van der Waals surface area contributed by atoms with E-state index < -0.39 is 0 Å². The van der Waals surface area contributed by atoms with Crippen molar-refractivity contribution in [3.63, 3.8) is 0 Å². The zero-order chi connectivity index (χ0) is 13.6. The number of nitrogens with zero attached hydrogens (tertiary/aromatic N) is 2. The third-order valence-corrected chi connectivity index (χ3v) is 5.27. The van der Waals surface area contributed by atoms with E-state index in [9.17, 15) is 4.79 Å². The van der Waals surface area contributed by atoms with Gasteiger partial charge < -0.3 is 10.6 Å². The average Bonchev–Trinajstić information content (AvgIpc) is 3.10. The molecule has 3 rings (SSSR count). The number of nitrogens with two attached hydrogens (primary N) is 1. The zero-order valence-corrected chi connectivity index (χ0v) is 12.4. The van der Waals surface area contributed by atoms with Gasteiger partial charge in [0.1, 0.15) is 5.69 Å². The van der Waals surface area contributed by atoms with E-state index in [0.717, 1.165) is 24.5 Å². The van der Waals surface area contributed by atoms with Gasteiger partial charge in [-0.2, -0.15) is 0 Å². The van der Waals surface area contributed by atoms with Crippen molar-refractivity contribution in [2.45, 2.75) is 45.1 Å². The Hall–Kier alpha value is -0.940. The molecule has 4 nitrogen and oxygen atoms in total. The number of hydrogen-bond donors (Lipinski definition) is 1. The van der Waals surface area contributed by atoms with Crippen LogP contribution in [0.15, 0.2) is 5.38 Å². The molecule has 0 radical (unpaired) electrons. The molecule has 1 saturated carbocycles. The van der Waals surface area contributed by atoms with E-state index in [4.69, 9.17) is 5.73 Å². The van der Waals surface area contributed by atoms with E-state index >= 15 is 0 Å². The van der Waals surface area contributed by atoms with Crippen molar-refractivity contribution in [3.8, 4) is 0 Å². The van der Waals surface area contributed by atoms with Gasteiger partial charge in [0.05, 0.1) is 5.01 Å². The maximum absolute atomic E-state index is 12.5. The summed E-state index contributed by atoms with van der Waals surface area (Å²) in [6, 6.07) is 0.175. The van der Waals surface area contributed by atoms with Gasteiger partial charge in [0.2, 0.25) is 0 Å². The Balaban J connectivity index is 1.72. The lowest BCUT2D eigenvalue weighted by atomic mass is 9.79. The van der Waals surface area contributed by atoms with E-state index in [1.807, 2.05) is 10.3 Å². The highest BCUT2D eigenvalue weighted by Gasteiger charge is 2.36. The number of aromatic nitrogens is 1. The minimum absolute atomic E-state index is 0.0107. The highest BCUT2D eigenvalue weighted by molar-refractivity contribution is 7.10. The molecule has 0 aromatic carbocycles. The number of carbonyl (C=O) groups excluding carboxylic acids is 1. The van der Waals surface area contributed by atoms with Crippen LogP contribution in [-0.4, -0.2) is 34.9 Å². The summed E-state index contributed by atoms with van der Waals surface area (Å²) in [6.45, 7) is 5.74. The minimum Gasteiger partial charge on any atom is -0.337 e. The summed E-state index contributed by atoms with van der Waals surface area (Å²) in [7, 11) is 0. The standard InChI is InChI=1S/C14H21N3OS/c1-14(2)8-17(6-5-11(14)15)13(18)10-7-19-12(16-10)9-3-4-9/h7,9,11H,3-6,8,15H2,1-2H3. The van der Waals surface area contributed by atoms with Gasteiger partial charge in [0.15, 0.2) is 0 Å². The zero-order valence-electron chi connectivity index (χ0n) is 11.6. The van der Waals surface area contributed by atoms with Crippen LogP contribution in [-0.2, 0) is 0 Å². The van der Waals surface area contributed by atoms with Crippen molar-refractivity contribution >= 4 is 17.2 Å². The summed E-state index contributed by atoms with van der Waals surface area (Å²) in [5.41, 5.74) is 6.73. The fraction of sp³-hybridized carbons (Fsp3) is 0.714. The molecule has 1 amide bonds. The highest BCUT2D eigenvalue weighted by Crippen LogP contribution is 2.41. The molecule has 1 atom stereocenters. The highest BCUT2D eigenvalue weighted by atomic mass is 32.1. The largest absolute Gasteiger partial charge is 0.337 e. The first kappa shape index (κ1) is 13.1. The first-order chi connectivity index (χ1) is 8.97. The lowest BCUT2D eigenvalue weighted by molar-refractivity contribution is 0.0528. The molecule has 2 aliphatic rings. The fourth-order valence-electron chi connectivity index (χ4n) is 2.61. The molecule has 1 aliphatic carbocycles. The first-order valence-corrected chi connectivity index (χ1v) is 7.85. The lowest BCUT2D eigenvalue weighted by Crippen LogP contribution is -2.54. The SMILES string of the molecule is CC1(C)CN(C(=O)c2csc(C3CC3)n2)CCC1N. The maximum atomic E-state index is 12.5. The summed E-state index contributed by atoms with van der Waals surface area (Å²) in [5.74, 6) is 0.695. The molecule has 104 valence electrons. The van der Waals surface area contributed by atoms with Gasteiger partial charge in [-0.25, -0.2) is 4.98 Å². The van der Waals surface area contributed by atoms with Crippen LogP contribution in [0.1, 0.15) is 54.5 Å². The molecule has 1 aromatic heterocycles. The van der Waals surface area contributed by atoms with E-state index in [1.165, 1.54) is 12.8 Å². The van der Waals surface area contributed by atoms with Crippen molar-refractivity contribution in [1.82, 2.24) is 9.88 Å². The van der Waals surface area contributed by atoms with Gasteiger partial charge >= 0.3 is 0 Å². The molecule has 2 fully saturated rings. The van der Waals surface area contributed by atoms with E-state index in [1.54, 1.807) is 11.3 Å². The monoisotopic (exact) mass is 279 g/mol. The average molecular weight is 279 g/mol. The number of thiazole rings is 1. The molecule has 1 aliphatic heterocycles. The third kappa shape index (κ3) is 2.54. The number of carbonyl (C=O) groups is 1. The van der Waals surface area contributed by atoms with Crippen LogP contribution in [0.3, 0.4) is 0 Å². The molecule has 5 heteroatoms. The molecule has 2 N–H and O–H groups in total. The number of likely N-dealkylation sites (tertiary alicyclic amines) is 1. The number of hydrogen-bond acceptors (Lipinski definition) is 4. The second-order valence-corrected chi connectivity index (χ2v) is 7.35. The van der Waals surface area contributed by atoms with Gasteiger partial charge in [0, 0.05) is 30.4 Å². The fourth-order valence-corrected chi connectivity index (χ4v) is 3.58. The Morgan fingerprint density at radius 1 is 1.47 bits per heavy atom. The minimum atomic E-state index is -0.0107. The number of amides is 1. The molecule has 19 heavy (non-hydrogen) atoms. The quantitative estimate of drug-likeness (QED) is 0.903. The van der Waals surface area contributed by atoms with Gasteiger partial charge in [-0.15, -0.1) is 11.3 Å². The molecule has 1 aromatic rings. The smallest absolute Gasteiger partial charge is 0.273 e. The topological polar surface area (TPSA) is 59.2 Å². The summed E-state index contributed by atoms with van der Waals surface area (Å²) >= 11 is 1.63. The van der Waals surface area contributed by atoms with Crippen LogP contribution in [0.4, 0.5) is 0 Å². The third-order valence-electron chi connectivity index (χ3n) is 4.27. The summed E-state index contributed by atoms with van der Waals surface area (Å²) in [5, 5.41) is 3.05. The van der Waals surface area contributed by atoms with Crippen molar-refractivity contribution in [2.24, 2.45) is 11.1 Å². The van der Waals surface area contributed by atoms with Crippen molar-refractivity contribution in [2.75, 3.05) is 13.1 Å². The normalized spacial score (nSPS) is 26.5. The Morgan fingerprint density at radius 3 is 2.84 bits per heavy atom. The predicted molar refractivity (Wildman–Crippen MR) is 76.4 cm³/mol. The van der Waals surface area contributed by atoms with Crippen molar-refractivity contribution in [1.29, 1.82) is 0 Å². The predicted octanol–water partition coefficient (Wildman–Crippen LogP) is 2.22. The summed E-state index contributed by atoms with van der Waals surface area (Å²) < 4.78 is 0. The molecule has 1 unspecified atom stereocenters. The summed E-state index contributed by atoms with van der Waals surface area (Å²) in [4.78, 5) is 18.9. The number of rotatable bonds is 2. The molecular formula is C14H21N3OS. The van der Waals surface area contributed by atoms with Gasteiger partial charge in [-0.3, -0.25) is 4.79 Å². The Labute approximate surface area is 118 Å². The number of piperidine rings is 1. The Kier molecular flexibility index (Phi) is 3.14. The van der Waals surface area contributed by atoms with Crippen LogP contribution in [0.25, 0.3) is 0 Å².